The predicted molar refractivity (Wildman–Crippen MR) is 103 cm³/mol. The number of aliphatic carboxylic acids is 1. The molecule has 0 radical (unpaired) electrons. The molecule has 0 unspecified atom stereocenters. The quantitative estimate of drug-likeness (QED) is 0.752. The van der Waals surface area contributed by atoms with Crippen LogP contribution in [0.25, 0.3) is 0 Å². The van der Waals surface area contributed by atoms with Crippen molar-refractivity contribution in [3.8, 4) is 0 Å². The Hall–Kier alpha value is -3.08. The Kier molecular flexibility index (Phi) is 6.54. The molecule has 2 saturated heterocycles. The number of carboxylic acid groups (broad SMARTS) is 1. The number of rotatable bonds is 4. The van der Waals surface area contributed by atoms with Crippen LogP contribution in [0.2, 0.25) is 0 Å². The second-order valence-electron chi connectivity index (χ2n) is 7.56. The molecule has 2 atom stereocenters. The number of anilines is 1. The number of amides is 1. The zero-order chi connectivity index (χ0) is 22.6. The monoisotopic (exact) mass is 441 g/mol. The van der Waals surface area contributed by atoms with E-state index in [1.807, 2.05) is 36.1 Å². The van der Waals surface area contributed by atoms with Crippen molar-refractivity contribution in [1.29, 1.82) is 0 Å². The summed E-state index contributed by atoms with van der Waals surface area (Å²) in [4.78, 5) is 27.8. The summed E-state index contributed by atoms with van der Waals surface area (Å²) in [5.74, 6) is -1.14. The van der Waals surface area contributed by atoms with Crippen LogP contribution in [0.4, 0.5) is 19.0 Å². The van der Waals surface area contributed by atoms with Gasteiger partial charge in [-0.2, -0.15) is 13.2 Å². The SMILES string of the molecule is Cc1ccoc1C(=O)N1C[C@@H]2COC[C@]2(CNc2ccccn2)C1.O=C(O)C(F)(F)F. The first-order valence-corrected chi connectivity index (χ1v) is 9.48. The fraction of sp³-hybridized carbons (Fsp3) is 0.450. The predicted octanol–water partition coefficient (Wildman–Crippen LogP) is 2.82. The Morgan fingerprint density at radius 3 is 2.68 bits per heavy atom. The van der Waals surface area contributed by atoms with Crippen LogP contribution in [0.1, 0.15) is 16.1 Å². The summed E-state index contributed by atoms with van der Waals surface area (Å²) in [5, 5.41) is 10.5. The molecular weight excluding hydrogens is 419 g/mol. The van der Waals surface area contributed by atoms with Crippen LogP contribution in [-0.2, 0) is 9.53 Å². The van der Waals surface area contributed by atoms with Gasteiger partial charge in [0.05, 0.1) is 19.5 Å². The summed E-state index contributed by atoms with van der Waals surface area (Å²) in [6.45, 7) is 5.40. The number of nitrogens with zero attached hydrogens (tertiary/aromatic N) is 2. The number of nitrogens with one attached hydrogen (secondary N) is 1. The molecular formula is C20H22F3N3O5. The van der Waals surface area contributed by atoms with Crippen molar-refractivity contribution in [3.05, 3.63) is 48.0 Å². The number of carbonyl (C=O) groups is 2. The molecule has 0 aliphatic carbocycles. The van der Waals surface area contributed by atoms with Crippen molar-refractivity contribution >= 4 is 17.7 Å². The van der Waals surface area contributed by atoms with Gasteiger partial charge in [-0.15, -0.1) is 0 Å². The molecule has 11 heteroatoms. The number of hydrogen-bond donors (Lipinski definition) is 2. The van der Waals surface area contributed by atoms with Gasteiger partial charge in [-0.05, 0) is 25.1 Å². The average molecular weight is 441 g/mol. The topological polar surface area (TPSA) is 105 Å². The summed E-state index contributed by atoms with van der Waals surface area (Å²) in [5.41, 5.74) is 0.821. The number of pyridine rings is 1. The molecule has 1 amide bonds. The zero-order valence-electron chi connectivity index (χ0n) is 16.7. The first kappa shape index (κ1) is 22.6. The van der Waals surface area contributed by atoms with E-state index in [-0.39, 0.29) is 11.3 Å². The van der Waals surface area contributed by atoms with Gasteiger partial charge >= 0.3 is 12.1 Å². The van der Waals surface area contributed by atoms with Crippen molar-refractivity contribution in [1.82, 2.24) is 9.88 Å². The second-order valence-corrected chi connectivity index (χ2v) is 7.56. The average Bonchev–Trinajstić information content (AvgIpc) is 3.40. The normalized spacial score (nSPS) is 22.5. The van der Waals surface area contributed by atoms with Crippen LogP contribution in [-0.4, -0.2) is 65.9 Å². The number of aromatic nitrogens is 1. The minimum absolute atomic E-state index is 0.0240. The first-order chi connectivity index (χ1) is 14.6. The number of fused-ring (bicyclic) bond motifs is 1. The molecule has 2 aliphatic rings. The molecule has 0 bridgehead atoms. The lowest BCUT2D eigenvalue weighted by Gasteiger charge is -2.27. The molecule has 2 aromatic rings. The summed E-state index contributed by atoms with van der Waals surface area (Å²) in [6.07, 6.45) is -1.74. The smallest absolute Gasteiger partial charge is 0.475 e. The highest BCUT2D eigenvalue weighted by molar-refractivity contribution is 5.93. The highest BCUT2D eigenvalue weighted by atomic mass is 19.4. The molecule has 0 spiro atoms. The molecule has 2 aliphatic heterocycles. The van der Waals surface area contributed by atoms with E-state index in [4.69, 9.17) is 19.1 Å². The van der Waals surface area contributed by atoms with Crippen molar-refractivity contribution in [2.75, 3.05) is 38.2 Å². The Morgan fingerprint density at radius 2 is 2.10 bits per heavy atom. The standard InChI is InChI=1S/C18H21N3O3.C2HF3O2/c1-13-5-7-24-16(13)17(22)21-8-14-9-23-12-18(14,11-21)10-20-15-4-2-3-6-19-15;3-2(4,5)1(6)7/h2-7,14H,8-12H2,1H3,(H,19,20);(H,6,7)/t14-,18+;/m1./s1. The van der Waals surface area contributed by atoms with Gasteiger partial charge in [-0.3, -0.25) is 4.79 Å². The van der Waals surface area contributed by atoms with Crippen LogP contribution in [0, 0.1) is 18.3 Å². The van der Waals surface area contributed by atoms with E-state index in [0.717, 1.165) is 17.9 Å². The van der Waals surface area contributed by atoms with Gasteiger partial charge < -0.3 is 24.5 Å². The van der Waals surface area contributed by atoms with Crippen LogP contribution < -0.4 is 5.32 Å². The lowest BCUT2D eigenvalue weighted by molar-refractivity contribution is -0.192. The number of alkyl halides is 3. The van der Waals surface area contributed by atoms with Crippen molar-refractivity contribution < 1.29 is 37.0 Å². The number of carbonyl (C=O) groups excluding carboxylic acids is 1. The van der Waals surface area contributed by atoms with E-state index < -0.39 is 12.1 Å². The third-order valence-corrected chi connectivity index (χ3v) is 5.39. The summed E-state index contributed by atoms with van der Waals surface area (Å²) in [6, 6.07) is 7.63. The summed E-state index contributed by atoms with van der Waals surface area (Å²) < 4.78 is 42.8. The Balaban J connectivity index is 0.000000339. The molecule has 31 heavy (non-hydrogen) atoms. The van der Waals surface area contributed by atoms with E-state index in [1.54, 1.807) is 12.5 Å². The van der Waals surface area contributed by atoms with E-state index >= 15 is 0 Å². The minimum atomic E-state index is -5.08. The zero-order valence-corrected chi connectivity index (χ0v) is 16.7. The lowest BCUT2D eigenvalue weighted by atomic mass is 9.81. The van der Waals surface area contributed by atoms with Gasteiger partial charge in [0.1, 0.15) is 5.82 Å². The number of furan rings is 1. The van der Waals surface area contributed by atoms with Crippen molar-refractivity contribution in [2.45, 2.75) is 13.1 Å². The van der Waals surface area contributed by atoms with Crippen LogP contribution in [0.5, 0.6) is 0 Å². The Labute approximate surface area is 176 Å². The van der Waals surface area contributed by atoms with Gasteiger partial charge in [-0.1, -0.05) is 6.07 Å². The molecule has 168 valence electrons. The largest absolute Gasteiger partial charge is 0.490 e. The number of likely N-dealkylation sites (tertiary alicyclic amines) is 1. The molecule has 4 heterocycles. The van der Waals surface area contributed by atoms with Crippen LogP contribution in [0.3, 0.4) is 0 Å². The van der Waals surface area contributed by atoms with Crippen molar-refractivity contribution in [2.24, 2.45) is 11.3 Å². The molecule has 0 aromatic carbocycles. The number of ether oxygens (including phenoxy) is 1. The number of aryl methyl sites for hydroxylation is 1. The van der Waals surface area contributed by atoms with Gasteiger partial charge in [0.2, 0.25) is 0 Å². The molecule has 0 saturated carbocycles. The third-order valence-electron chi connectivity index (χ3n) is 5.39. The Morgan fingerprint density at radius 1 is 1.35 bits per heavy atom. The van der Waals surface area contributed by atoms with Crippen LogP contribution in [0.15, 0.2) is 41.1 Å². The molecule has 2 fully saturated rings. The minimum Gasteiger partial charge on any atom is -0.475 e. The van der Waals surface area contributed by atoms with Gasteiger partial charge in [0.25, 0.3) is 5.91 Å². The van der Waals surface area contributed by atoms with E-state index in [9.17, 15) is 18.0 Å². The van der Waals surface area contributed by atoms with E-state index in [0.29, 0.717) is 38.0 Å². The number of halogens is 3. The number of carboxylic acids is 1. The highest BCUT2D eigenvalue weighted by Crippen LogP contribution is 2.42. The maximum absolute atomic E-state index is 12.7. The molecule has 2 N–H and O–H groups in total. The second kappa shape index (κ2) is 8.96. The van der Waals surface area contributed by atoms with Gasteiger partial charge in [0.15, 0.2) is 5.76 Å². The van der Waals surface area contributed by atoms with E-state index in [1.165, 1.54) is 0 Å². The third kappa shape index (κ3) is 5.16. The first-order valence-electron chi connectivity index (χ1n) is 9.48. The molecule has 8 nitrogen and oxygen atoms in total. The van der Waals surface area contributed by atoms with E-state index in [2.05, 4.69) is 10.3 Å². The molecule has 2 aromatic heterocycles. The van der Waals surface area contributed by atoms with Gasteiger partial charge in [-0.25, -0.2) is 9.78 Å². The maximum Gasteiger partial charge on any atom is 0.490 e. The maximum atomic E-state index is 12.7. The highest BCUT2D eigenvalue weighted by Gasteiger charge is 2.52. The summed E-state index contributed by atoms with van der Waals surface area (Å²) in [7, 11) is 0. The van der Waals surface area contributed by atoms with Gasteiger partial charge in [0, 0.05) is 42.7 Å². The molecule has 4 rings (SSSR count). The fourth-order valence-corrected chi connectivity index (χ4v) is 3.71. The van der Waals surface area contributed by atoms with Crippen molar-refractivity contribution in [3.63, 3.8) is 0 Å². The lowest BCUT2D eigenvalue weighted by Crippen LogP contribution is -2.39. The van der Waals surface area contributed by atoms with Crippen LogP contribution >= 0.6 is 0 Å². The fourth-order valence-electron chi connectivity index (χ4n) is 3.71. The Bertz CT molecular complexity index is 918. The summed E-state index contributed by atoms with van der Waals surface area (Å²) >= 11 is 0. The number of hydrogen-bond acceptors (Lipinski definition) is 6.